The molecule has 2 heteroatoms. The lowest BCUT2D eigenvalue weighted by atomic mass is 9.72. The maximum atomic E-state index is 10.1. The van der Waals surface area contributed by atoms with Crippen LogP contribution in [-0.2, 0) is 0 Å². The molecule has 2 aliphatic carbocycles. The highest BCUT2D eigenvalue weighted by atomic mass is 16.3. The molecule has 0 aromatic rings. The van der Waals surface area contributed by atoms with E-state index in [9.17, 15) is 10.2 Å². The Kier molecular flexibility index (Phi) is 13.5. The monoisotopic (exact) mass is 568 g/mol. The van der Waals surface area contributed by atoms with Crippen molar-refractivity contribution >= 4 is 0 Å². The summed E-state index contributed by atoms with van der Waals surface area (Å²) in [5, 5.41) is 20.0. The molecule has 0 saturated heterocycles. The van der Waals surface area contributed by atoms with Gasteiger partial charge in [0.25, 0.3) is 0 Å². The van der Waals surface area contributed by atoms with Gasteiger partial charge in [-0.2, -0.15) is 0 Å². The molecule has 2 aliphatic rings. The largest absolute Gasteiger partial charge is 0.512 e. The van der Waals surface area contributed by atoms with Crippen molar-refractivity contribution in [2.24, 2.45) is 22.7 Å². The second kappa shape index (κ2) is 16.1. The highest BCUT2D eigenvalue weighted by Gasteiger charge is 2.32. The second-order valence-electron chi connectivity index (χ2n) is 14.0. The minimum absolute atomic E-state index is 0.0660. The van der Waals surface area contributed by atoms with Crippen LogP contribution < -0.4 is 0 Å². The van der Waals surface area contributed by atoms with Gasteiger partial charge in [0.15, 0.2) is 0 Å². The Morgan fingerprint density at radius 1 is 1.07 bits per heavy atom. The number of allylic oxidation sites excluding steroid dienone is 13. The lowest BCUT2D eigenvalue weighted by Crippen LogP contribution is -2.28. The zero-order valence-corrected chi connectivity index (χ0v) is 28.1. The van der Waals surface area contributed by atoms with Crippen molar-refractivity contribution in [3.05, 3.63) is 81.7 Å². The molecule has 0 saturated carbocycles. The van der Waals surface area contributed by atoms with Crippen molar-refractivity contribution in [3.8, 4) is 23.7 Å². The number of rotatable bonds is 9. The number of hydrogen-bond acceptors (Lipinski definition) is 2. The zero-order chi connectivity index (χ0) is 31.5. The summed E-state index contributed by atoms with van der Waals surface area (Å²) in [5.74, 6) is 14.8. The summed E-state index contributed by atoms with van der Waals surface area (Å²) in [7, 11) is 0. The summed E-state index contributed by atoms with van der Waals surface area (Å²) in [4.78, 5) is 0. The summed E-state index contributed by atoms with van der Waals surface area (Å²) < 4.78 is 0. The molecule has 2 rings (SSSR count). The van der Waals surface area contributed by atoms with Crippen LogP contribution in [0.1, 0.15) is 114 Å². The van der Waals surface area contributed by atoms with Gasteiger partial charge in [0, 0.05) is 34.3 Å². The first-order chi connectivity index (χ1) is 19.6. The minimum atomic E-state index is -0.250. The van der Waals surface area contributed by atoms with Gasteiger partial charge in [0.2, 0.25) is 0 Å². The van der Waals surface area contributed by atoms with Crippen LogP contribution in [0.2, 0.25) is 0 Å². The van der Waals surface area contributed by atoms with E-state index in [2.05, 4.69) is 122 Å². The van der Waals surface area contributed by atoms with Crippen molar-refractivity contribution in [2.45, 2.75) is 120 Å². The number of unbranched alkanes of at least 4 members (excludes halogenated alkanes) is 1. The number of aliphatic hydroxyl groups is 2. The van der Waals surface area contributed by atoms with Crippen molar-refractivity contribution in [1.82, 2.24) is 0 Å². The molecular formula is C40H56O2. The minimum Gasteiger partial charge on any atom is -0.512 e. The van der Waals surface area contributed by atoms with Gasteiger partial charge in [-0.15, -0.1) is 0 Å². The Labute approximate surface area is 258 Å². The summed E-state index contributed by atoms with van der Waals surface area (Å²) in [5.41, 5.74) is 6.82. The van der Waals surface area contributed by atoms with E-state index in [-0.39, 0.29) is 22.9 Å². The Hall–Kier alpha value is -2.94. The van der Waals surface area contributed by atoms with Crippen LogP contribution in [0.25, 0.3) is 0 Å². The van der Waals surface area contributed by atoms with Gasteiger partial charge >= 0.3 is 0 Å². The molecule has 0 aromatic carbocycles. The van der Waals surface area contributed by atoms with E-state index >= 15 is 0 Å². The molecule has 3 atom stereocenters. The quantitative estimate of drug-likeness (QED) is 0.165. The predicted octanol–water partition coefficient (Wildman–Crippen LogP) is 10.5. The first-order valence-corrected chi connectivity index (χ1v) is 15.8. The van der Waals surface area contributed by atoms with Crippen molar-refractivity contribution in [2.75, 3.05) is 0 Å². The van der Waals surface area contributed by atoms with Crippen LogP contribution in [0.3, 0.4) is 0 Å². The van der Waals surface area contributed by atoms with E-state index in [0.717, 1.165) is 48.8 Å². The maximum absolute atomic E-state index is 10.1. The van der Waals surface area contributed by atoms with E-state index in [0.29, 0.717) is 18.1 Å². The van der Waals surface area contributed by atoms with Gasteiger partial charge in [-0.1, -0.05) is 113 Å². The Bertz CT molecular complexity index is 1290. The van der Waals surface area contributed by atoms with Crippen LogP contribution in [0, 0.1) is 46.3 Å². The first-order valence-electron chi connectivity index (χ1n) is 15.8. The summed E-state index contributed by atoms with van der Waals surface area (Å²) in [6.45, 7) is 21.5. The Balaban J connectivity index is 1.77. The molecular weight excluding hydrogens is 512 g/mol. The highest BCUT2D eigenvalue weighted by molar-refractivity contribution is 5.46. The lowest BCUT2D eigenvalue weighted by Gasteiger charge is -2.34. The Morgan fingerprint density at radius 3 is 2.45 bits per heavy atom. The fraction of sp³-hybridized carbons (Fsp3) is 0.550. The molecule has 0 heterocycles. The molecule has 2 unspecified atom stereocenters. The molecule has 0 radical (unpaired) electrons. The SMILES string of the molecule is CC1=C(C#CC(C)C/C=C/C(C)=C/CCCC(C)/C=C/C=C(\C)C#CC2=C(C)C[C@@H](O)CC2(C)C)C(C)(C)CC(O)=C1. The molecule has 228 valence electrons. The lowest BCUT2D eigenvalue weighted by molar-refractivity contribution is 0.117. The molecule has 0 bridgehead atoms. The maximum Gasteiger partial charge on any atom is 0.0934 e. The first kappa shape index (κ1) is 35.3. The number of aliphatic hydroxyl groups excluding tert-OH is 2. The normalized spacial score (nSPS) is 22.5. The van der Waals surface area contributed by atoms with E-state index in [1.165, 1.54) is 23.1 Å². The van der Waals surface area contributed by atoms with Gasteiger partial charge < -0.3 is 10.2 Å². The van der Waals surface area contributed by atoms with E-state index in [1.807, 2.05) is 13.0 Å². The predicted molar refractivity (Wildman–Crippen MR) is 182 cm³/mol. The van der Waals surface area contributed by atoms with Gasteiger partial charge in [0.1, 0.15) is 0 Å². The van der Waals surface area contributed by atoms with Crippen molar-refractivity contribution < 1.29 is 10.2 Å². The van der Waals surface area contributed by atoms with Crippen LogP contribution in [-0.4, -0.2) is 16.3 Å². The van der Waals surface area contributed by atoms with Gasteiger partial charge in [0.05, 0.1) is 11.9 Å². The molecule has 0 spiro atoms. The van der Waals surface area contributed by atoms with E-state index in [1.54, 1.807) is 0 Å². The smallest absolute Gasteiger partial charge is 0.0934 e. The van der Waals surface area contributed by atoms with Gasteiger partial charge in [-0.25, -0.2) is 0 Å². The standard InChI is InChI=1S/C40H56O2/c1-29(17-13-19-31(3)21-23-37-33(5)25-35(41)27-39(37,7)8)15-11-12-16-30(2)18-14-20-32(4)22-24-38-34(6)26-36(42)28-40(38,9)10/h13-15,17-18,20,25,30-31,36,41-42H,11-12,16,19,26-28H2,1-10H3/b17-13+,18-14+,29-15+,32-20+/t30?,31?,36-/m1/s1. The van der Waals surface area contributed by atoms with Crippen LogP contribution in [0.4, 0.5) is 0 Å². The molecule has 2 nitrogen and oxygen atoms in total. The van der Waals surface area contributed by atoms with Crippen LogP contribution >= 0.6 is 0 Å². The third-order valence-electron chi connectivity index (χ3n) is 8.28. The fourth-order valence-corrected chi connectivity index (χ4v) is 6.03. The molecule has 0 fully saturated rings. The molecule has 0 aromatic heterocycles. The highest BCUT2D eigenvalue weighted by Crippen LogP contribution is 2.40. The zero-order valence-electron chi connectivity index (χ0n) is 28.1. The topological polar surface area (TPSA) is 40.5 Å². The van der Waals surface area contributed by atoms with E-state index < -0.39 is 0 Å². The van der Waals surface area contributed by atoms with Gasteiger partial charge in [-0.3, -0.25) is 0 Å². The molecule has 2 N–H and O–H groups in total. The van der Waals surface area contributed by atoms with Gasteiger partial charge in [-0.05, 0) is 89.4 Å². The summed E-state index contributed by atoms with van der Waals surface area (Å²) in [6, 6.07) is 0. The molecule has 0 aliphatic heterocycles. The summed E-state index contributed by atoms with van der Waals surface area (Å²) >= 11 is 0. The summed E-state index contributed by atoms with van der Waals surface area (Å²) in [6.07, 6.45) is 21.5. The van der Waals surface area contributed by atoms with Crippen LogP contribution in [0.15, 0.2) is 81.7 Å². The third-order valence-corrected chi connectivity index (χ3v) is 8.28. The third kappa shape index (κ3) is 11.7. The fourth-order valence-electron chi connectivity index (χ4n) is 6.03. The average Bonchev–Trinajstić information content (AvgIpc) is 2.84. The molecule has 0 amide bonds. The van der Waals surface area contributed by atoms with E-state index in [4.69, 9.17) is 0 Å². The number of hydrogen-bond donors (Lipinski definition) is 2. The molecule has 42 heavy (non-hydrogen) atoms. The second-order valence-corrected chi connectivity index (χ2v) is 14.0. The van der Waals surface area contributed by atoms with Crippen LogP contribution in [0.5, 0.6) is 0 Å². The van der Waals surface area contributed by atoms with Crippen molar-refractivity contribution in [1.29, 1.82) is 0 Å². The average molecular weight is 569 g/mol. The van der Waals surface area contributed by atoms with Crippen molar-refractivity contribution in [3.63, 3.8) is 0 Å². The Morgan fingerprint density at radius 2 is 1.79 bits per heavy atom.